The molecule has 1 fully saturated rings. The van der Waals surface area contributed by atoms with E-state index in [0.29, 0.717) is 6.54 Å². The molecule has 0 amide bonds. The van der Waals surface area contributed by atoms with Crippen LogP contribution in [0.1, 0.15) is 42.5 Å². The Balaban J connectivity index is 1.86. The standard InChI is InChI=1S/C17H23N3OS/c1-10-5-6-13-14(8-10)22-17-15(13)16(18-11(2)19-17)20-7-3-4-12(21)9-20/h10,12,21H,3-9H2,1-2H3/t10-,12-/m0/s1. The molecule has 0 aromatic carbocycles. The number of aryl methyl sites for hydroxylation is 2. The lowest BCUT2D eigenvalue weighted by Crippen LogP contribution is -2.39. The summed E-state index contributed by atoms with van der Waals surface area (Å²) in [6.07, 6.45) is 5.30. The number of aliphatic hydroxyl groups excluding tert-OH is 1. The van der Waals surface area contributed by atoms with E-state index in [4.69, 9.17) is 9.97 Å². The number of β-amino-alcohol motifs (C(OH)–C–C–N with tert-alkyl or cyclic N) is 1. The van der Waals surface area contributed by atoms with E-state index in [2.05, 4.69) is 11.8 Å². The Bertz CT molecular complexity index is 711. The average molecular weight is 317 g/mol. The van der Waals surface area contributed by atoms with Crippen molar-refractivity contribution in [2.24, 2.45) is 5.92 Å². The van der Waals surface area contributed by atoms with Gasteiger partial charge in [-0.1, -0.05) is 6.92 Å². The minimum atomic E-state index is -0.228. The summed E-state index contributed by atoms with van der Waals surface area (Å²) >= 11 is 1.86. The van der Waals surface area contributed by atoms with E-state index in [1.807, 2.05) is 18.3 Å². The molecule has 5 heteroatoms. The fourth-order valence-electron chi connectivity index (χ4n) is 3.80. The Hall–Kier alpha value is -1.20. The molecule has 2 aliphatic rings. The van der Waals surface area contributed by atoms with E-state index < -0.39 is 0 Å². The second kappa shape index (κ2) is 5.46. The summed E-state index contributed by atoms with van der Waals surface area (Å²) in [5.74, 6) is 2.68. The van der Waals surface area contributed by atoms with Crippen molar-refractivity contribution in [1.82, 2.24) is 9.97 Å². The van der Waals surface area contributed by atoms with E-state index >= 15 is 0 Å². The zero-order chi connectivity index (χ0) is 15.3. The highest BCUT2D eigenvalue weighted by molar-refractivity contribution is 7.19. The van der Waals surface area contributed by atoms with Gasteiger partial charge in [0, 0.05) is 18.0 Å². The van der Waals surface area contributed by atoms with E-state index in [1.165, 1.54) is 28.7 Å². The van der Waals surface area contributed by atoms with Crippen LogP contribution in [-0.4, -0.2) is 34.3 Å². The highest BCUT2D eigenvalue weighted by atomic mass is 32.1. The van der Waals surface area contributed by atoms with E-state index in [9.17, 15) is 5.11 Å². The maximum Gasteiger partial charge on any atom is 0.141 e. The Labute approximate surface area is 135 Å². The van der Waals surface area contributed by atoms with Crippen LogP contribution in [0.2, 0.25) is 0 Å². The number of hydrogen-bond donors (Lipinski definition) is 1. The van der Waals surface area contributed by atoms with Gasteiger partial charge in [0.2, 0.25) is 0 Å². The molecule has 22 heavy (non-hydrogen) atoms. The van der Waals surface area contributed by atoms with Gasteiger partial charge in [-0.3, -0.25) is 0 Å². The summed E-state index contributed by atoms with van der Waals surface area (Å²) in [6.45, 7) is 6.01. The van der Waals surface area contributed by atoms with Crippen LogP contribution in [0.4, 0.5) is 5.82 Å². The van der Waals surface area contributed by atoms with Crippen LogP contribution >= 0.6 is 11.3 Å². The van der Waals surface area contributed by atoms with Crippen LogP contribution in [0.3, 0.4) is 0 Å². The van der Waals surface area contributed by atoms with E-state index in [1.54, 1.807) is 0 Å². The molecule has 4 rings (SSSR count). The number of hydrogen-bond acceptors (Lipinski definition) is 5. The van der Waals surface area contributed by atoms with Crippen LogP contribution in [0.25, 0.3) is 10.2 Å². The molecule has 0 saturated carbocycles. The van der Waals surface area contributed by atoms with Gasteiger partial charge in [-0.2, -0.15) is 0 Å². The van der Waals surface area contributed by atoms with Gasteiger partial charge in [-0.05, 0) is 50.5 Å². The minimum Gasteiger partial charge on any atom is -0.391 e. The van der Waals surface area contributed by atoms with Crippen molar-refractivity contribution in [2.45, 2.75) is 52.1 Å². The third-order valence-electron chi connectivity index (χ3n) is 4.94. The monoisotopic (exact) mass is 317 g/mol. The van der Waals surface area contributed by atoms with Crippen LogP contribution in [-0.2, 0) is 12.8 Å². The first-order valence-corrected chi connectivity index (χ1v) is 9.15. The summed E-state index contributed by atoms with van der Waals surface area (Å²) in [6, 6.07) is 0. The molecule has 3 heterocycles. The second-order valence-electron chi connectivity index (χ2n) is 6.87. The van der Waals surface area contributed by atoms with Crippen LogP contribution in [0.15, 0.2) is 0 Å². The zero-order valence-electron chi connectivity index (χ0n) is 13.3. The zero-order valence-corrected chi connectivity index (χ0v) is 14.1. The second-order valence-corrected chi connectivity index (χ2v) is 7.95. The first kappa shape index (κ1) is 14.4. The van der Waals surface area contributed by atoms with Crippen LogP contribution in [0.5, 0.6) is 0 Å². The lowest BCUT2D eigenvalue weighted by atomic mass is 9.89. The van der Waals surface area contributed by atoms with Gasteiger partial charge in [0.05, 0.1) is 11.5 Å². The van der Waals surface area contributed by atoms with Crippen molar-refractivity contribution >= 4 is 27.4 Å². The van der Waals surface area contributed by atoms with Crippen molar-refractivity contribution in [1.29, 1.82) is 0 Å². The van der Waals surface area contributed by atoms with Gasteiger partial charge in [0.1, 0.15) is 16.5 Å². The van der Waals surface area contributed by atoms with Crippen molar-refractivity contribution in [3.05, 3.63) is 16.3 Å². The van der Waals surface area contributed by atoms with Gasteiger partial charge >= 0.3 is 0 Å². The quantitative estimate of drug-likeness (QED) is 0.878. The summed E-state index contributed by atoms with van der Waals surface area (Å²) in [5, 5.41) is 11.3. The molecule has 0 radical (unpaired) electrons. The van der Waals surface area contributed by atoms with Crippen molar-refractivity contribution in [3.63, 3.8) is 0 Å². The normalized spacial score (nSPS) is 25.5. The average Bonchev–Trinajstić information content (AvgIpc) is 2.83. The number of thiophene rings is 1. The molecule has 1 aliphatic carbocycles. The number of fused-ring (bicyclic) bond motifs is 3. The number of nitrogens with zero attached hydrogens (tertiary/aromatic N) is 3. The lowest BCUT2D eigenvalue weighted by molar-refractivity contribution is 0.154. The summed E-state index contributed by atoms with van der Waals surface area (Å²) in [4.78, 5) is 14.4. The fourth-order valence-corrected chi connectivity index (χ4v) is 5.23. The molecule has 2 atom stereocenters. The Morgan fingerprint density at radius 3 is 2.95 bits per heavy atom. The predicted molar refractivity (Wildman–Crippen MR) is 90.8 cm³/mol. The first-order chi connectivity index (χ1) is 10.6. The van der Waals surface area contributed by atoms with Gasteiger partial charge in [0.25, 0.3) is 0 Å². The number of piperidine rings is 1. The van der Waals surface area contributed by atoms with E-state index in [0.717, 1.165) is 48.2 Å². The third-order valence-corrected chi connectivity index (χ3v) is 6.09. The smallest absolute Gasteiger partial charge is 0.141 e. The number of aliphatic hydroxyl groups is 1. The Kier molecular flexibility index (Phi) is 3.57. The van der Waals surface area contributed by atoms with Crippen molar-refractivity contribution < 1.29 is 5.11 Å². The topological polar surface area (TPSA) is 49.2 Å². The highest BCUT2D eigenvalue weighted by Crippen LogP contribution is 2.41. The molecule has 1 aliphatic heterocycles. The molecule has 2 aromatic heterocycles. The van der Waals surface area contributed by atoms with Crippen molar-refractivity contribution in [3.8, 4) is 0 Å². The van der Waals surface area contributed by atoms with Gasteiger partial charge in [-0.15, -0.1) is 11.3 Å². The fraction of sp³-hybridized carbons (Fsp3) is 0.647. The number of rotatable bonds is 1. The highest BCUT2D eigenvalue weighted by Gasteiger charge is 2.27. The maximum absolute atomic E-state index is 10.0. The summed E-state index contributed by atoms with van der Waals surface area (Å²) in [7, 11) is 0. The molecular weight excluding hydrogens is 294 g/mol. The molecule has 1 N–H and O–H groups in total. The van der Waals surface area contributed by atoms with Crippen LogP contribution in [0, 0.1) is 12.8 Å². The van der Waals surface area contributed by atoms with E-state index in [-0.39, 0.29) is 6.10 Å². The molecule has 118 valence electrons. The number of aromatic nitrogens is 2. The number of anilines is 1. The van der Waals surface area contributed by atoms with Gasteiger partial charge < -0.3 is 10.0 Å². The Morgan fingerprint density at radius 2 is 2.14 bits per heavy atom. The summed E-state index contributed by atoms with van der Waals surface area (Å²) < 4.78 is 0. The summed E-state index contributed by atoms with van der Waals surface area (Å²) in [5.41, 5.74) is 1.48. The lowest BCUT2D eigenvalue weighted by Gasteiger charge is -2.32. The van der Waals surface area contributed by atoms with Gasteiger partial charge in [-0.25, -0.2) is 9.97 Å². The first-order valence-electron chi connectivity index (χ1n) is 8.33. The molecule has 0 spiro atoms. The molecule has 0 bridgehead atoms. The van der Waals surface area contributed by atoms with Crippen molar-refractivity contribution in [2.75, 3.05) is 18.0 Å². The molecule has 1 saturated heterocycles. The largest absolute Gasteiger partial charge is 0.391 e. The third kappa shape index (κ3) is 2.40. The molecule has 0 unspecified atom stereocenters. The maximum atomic E-state index is 10.0. The Morgan fingerprint density at radius 1 is 1.27 bits per heavy atom. The van der Waals surface area contributed by atoms with Gasteiger partial charge in [0.15, 0.2) is 0 Å². The minimum absolute atomic E-state index is 0.228. The van der Waals surface area contributed by atoms with Crippen LogP contribution < -0.4 is 4.90 Å². The molecule has 2 aromatic rings. The molecule has 4 nitrogen and oxygen atoms in total. The predicted octanol–water partition coefficient (Wildman–Crippen LogP) is 3.09. The molecular formula is C17H23N3OS. The SMILES string of the molecule is Cc1nc(N2CCC[C@H](O)C2)c2c3c(sc2n1)C[C@@H](C)CC3.